The number of likely N-dealkylation sites (N-methyl/N-ethyl adjacent to an activating group) is 1. The number of aromatic nitrogens is 2. The predicted octanol–water partition coefficient (Wildman–Crippen LogP) is 3.17. The molecule has 1 amide bonds. The number of hydrogen-bond acceptors (Lipinski definition) is 2. The van der Waals surface area contributed by atoms with Gasteiger partial charge in [-0.3, -0.25) is 4.79 Å². The number of fused-ring (bicyclic) bond motifs is 1. The second-order valence-electron chi connectivity index (χ2n) is 4.52. The van der Waals surface area contributed by atoms with Gasteiger partial charge in [0, 0.05) is 18.8 Å². The summed E-state index contributed by atoms with van der Waals surface area (Å²) in [6.45, 7) is 4.32. The molecule has 108 valence electrons. The van der Waals surface area contributed by atoms with Crippen molar-refractivity contribution in [2.75, 3.05) is 12.4 Å². The molecule has 0 aliphatic carbocycles. The molecule has 0 saturated heterocycles. The summed E-state index contributed by atoms with van der Waals surface area (Å²) in [4.78, 5) is 16.7. The van der Waals surface area contributed by atoms with Gasteiger partial charge in [-0.15, -0.1) is 11.6 Å². The Bertz CT molecular complexity index is 624. The summed E-state index contributed by atoms with van der Waals surface area (Å²) < 4.78 is 1.88. The number of para-hydroxylation sites is 1. The lowest BCUT2D eigenvalue weighted by Gasteiger charge is -2.17. The Hall–Kier alpha value is -1.26. The van der Waals surface area contributed by atoms with Crippen LogP contribution in [0.15, 0.2) is 18.2 Å². The molecular weight excluding hydrogens is 297 g/mol. The molecule has 0 spiro atoms. The van der Waals surface area contributed by atoms with Gasteiger partial charge in [-0.1, -0.05) is 17.7 Å². The molecule has 0 aliphatic heterocycles. The van der Waals surface area contributed by atoms with E-state index in [1.807, 2.05) is 30.5 Å². The minimum absolute atomic E-state index is 0.0532. The van der Waals surface area contributed by atoms with Gasteiger partial charge in [0.2, 0.25) is 5.91 Å². The van der Waals surface area contributed by atoms with Crippen LogP contribution in [0.1, 0.15) is 25.7 Å². The van der Waals surface area contributed by atoms with Gasteiger partial charge >= 0.3 is 0 Å². The second-order valence-corrected chi connectivity index (χ2v) is 5.30. The molecule has 2 rings (SSSR count). The van der Waals surface area contributed by atoms with E-state index in [1.54, 1.807) is 6.07 Å². The van der Waals surface area contributed by atoms with Crippen molar-refractivity contribution in [1.82, 2.24) is 14.9 Å². The number of aryl methyl sites for hydroxylation is 1. The quantitative estimate of drug-likeness (QED) is 0.862. The van der Waals surface area contributed by atoms with E-state index in [0.717, 1.165) is 16.9 Å². The van der Waals surface area contributed by atoms with Crippen LogP contribution in [0.4, 0.5) is 0 Å². The van der Waals surface area contributed by atoms with Gasteiger partial charge in [-0.05, 0) is 26.0 Å². The molecule has 6 heteroatoms. The van der Waals surface area contributed by atoms with Crippen LogP contribution >= 0.6 is 23.2 Å². The number of benzene rings is 1. The van der Waals surface area contributed by atoms with Crippen LogP contribution in [-0.2, 0) is 11.2 Å². The lowest BCUT2D eigenvalue weighted by Crippen LogP contribution is -2.31. The maximum atomic E-state index is 12.1. The topological polar surface area (TPSA) is 46.9 Å². The summed E-state index contributed by atoms with van der Waals surface area (Å²) in [6.07, 6.45) is 0.594. The summed E-state index contributed by atoms with van der Waals surface area (Å²) in [6, 6.07) is 5.17. The molecule has 0 aliphatic rings. The van der Waals surface area contributed by atoms with Gasteiger partial charge in [-0.2, -0.15) is 0 Å². The minimum atomic E-state index is -0.377. The maximum Gasteiger partial charge on any atom is 0.242 e. The molecule has 1 aromatic carbocycles. The average Bonchev–Trinajstić information content (AvgIpc) is 2.78. The van der Waals surface area contributed by atoms with Crippen molar-refractivity contribution in [2.24, 2.45) is 0 Å². The first-order chi connectivity index (χ1) is 9.60. The monoisotopic (exact) mass is 313 g/mol. The second kappa shape index (κ2) is 6.46. The third-order valence-electron chi connectivity index (χ3n) is 3.17. The first-order valence-corrected chi connectivity index (χ1v) is 7.50. The van der Waals surface area contributed by atoms with E-state index < -0.39 is 0 Å². The highest BCUT2D eigenvalue weighted by atomic mass is 35.5. The number of alkyl halides is 1. The number of amides is 1. The smallest absolute Gasteiger partial charge is 0.242 e. The van der Waals surface area contributed by atoms with Crippen molar-refractivity contribution in [2.45, 2.75) is 26.3 Å². The molecule has 4 nitrogen and oxygen atoms in total. The lowest BCUT2D eigenvalue weighted by atomic mass is 10.2. The first kappa shape index (κ1) is 15.1. The molecule has 2 aromatic rings. The summed E-state index contributed by atoms with van der Waals surface area (Å²) in [5, 5.41) is 3.41. The number of nitrogens with zero attached hydrogens (tertiary/aromatic N) is 2. The Morgan fingerprint density at radius 2 is 2.25 bits per heavy atom. The molecule has 0 bridgehead atoms. The molecule has 1 heterocycles. The van der Waals surface area contributed by atoms with Crippen molar-refractivity contribution < 1.29 is 4.79 Å². The highest BCUT2D eigenvalue weighted by Gasteiger charge is 2.22. The summed E-state index contributed by atoms with van der Waals surface area (Å²) in [5.41, 5.74) is 1.57. The number of carbonyl (C=O) groups excluding carboxylic acids is 1. The van der Waals surface area contributed by atoms with Gasteiger partial charge in [0.15, 0.2) is 0 Å². The standard InChI is InChI=1S/C14H17Cl2N3O/c1-3-17-14(20)9(2)19-12(7-8-15)18-11-6-4-5-10(16)13(11)19/h4-6,9H,3,7-8H2,1-2H3,(H,17,20). The molecule has 1 atom stereocenters. The minimum Gasteiger partial charge on any atom is -0.355 e. The van der Waals surface area contributed by atoms with Crippen LogP contribution in [-0.4, -0.2) is 27.9 Å². The van der Waals surface area contributed by atoms with Crippen molar-refractivity contribution in [3.63, 3.8) is 0 Å². The van der Waals surface area contributed by atoms with Crippen LogP contribution in [0, 0.1) is 0 Å². The number of imidazole rings is 1. The Morgan fingerprint density at radius 1 is 1.50 bits per heavy atom. The fraction of sp³-hybridized carbons (Fsp3) is 0.429. The Labute approximate surface area is 128 Å². The number of nitrogens with one attached hydrogen (secondary N) is 1. The molecule has 1 unspecified atom stereocenters. The van der Waals surface area contributed by atoms with Crippen molar-refractivity contribution in [1.29, 1.82) is 0 Å². The predicted molar refractivity (Wildman–Crippen MR) is 82.6 cm³/mol. The highest BCUT2D eigenvalue weighted by Crippen LogP contribution is 2.28. The van der Waals surface area contributed by atoms with E-state index in [0.29, 0.717) is 23.9 Å². The number of hydrogen-bond donors (Lipinski definition) is 1. The van der Waals surface area contributed by atoms with E-state index in [9.17, 15) is 4.79 Å². The average molecular weight is 314 g/mol. The Kier molecular flexibility index (Phi) is 4.89. The van der Waals surface area contributed by atoms with Gasteiger partial charge in [0.1, 0.15) is 11.9 Å². The van der Waals surface area contributed by atoms with Crippen molar-refractivity contribution in [3.8, 4) is 0 Å². The third-order valence-corrected chi connectivity index (χ3v) is 3.66. The zero-order chi connectivity index (χ0) is 14.7. The van der Waals surface area contributed by atoms with Crippen molar-refractivity contribution >= 4 is 40.1 Å². The summed E-state index contributed by atoms with van der Waals surface area (Å²) in [5.74, 6) is 1.17. The largest absolute Gasteiger partial charge is 0.355 e. The van der Waals surface area contributed by atoms with E-state index in [-0.39, 0.29) is 11.9 Å². The number of rotatable bonds is 5. The molecule has 1 N–H and O–H groups in total. The van der Waals surface area contributed by atoms with Crippen LogP contribution in [0.25, 0.3) is 11.0 Å². The van der Waals surface area contributed by atoms with Gasteiger partial charge in [-0.25, -0.2) is 4.98 Å². The van der Waals surface area contributed by atoms with E-state index in [1.165, 1.54) is 0 Å². The van der Waals surface area contributed by atoms with E-state index in [4.69, 9.17) is 23.2 Å². The first-order valence-electron chi connectivity index (χ1n) is 6.59. The Morgan fingerprint density at radius 3 is 2.90 bits per heavy atom. The van der Waals surface area contributed by atoms with Gasteiger partial charge in [0.05, 0.1) is 16.1 Å². The molecule has 20 heavy (non-hydrogen) atoms. The highest BCUT2D eigenvalue weighted by molar-refractivity contribution is 6.35. The zero-order valence-electron chi connectivity index (χ0n) is 11.5. The Balaban J connectivity index is 2.58. The lowest BCUT2D eigenvalue weighted by molar-refractivity contribution is -0.123. The molecular formula is C14H17Cl2N3O. The molecule has 1 aromatic heterocycles. The zero-order valence-corrected chi connectivity index (χ0v) is 13.0. The van der Waals surface area contributed by atoms with Gasteiger partial charge < -0.3 is 9.88 Å². The maximum absolute atomic E-state index is 12.1. The van der Waals surface area contributed by atoms with E-state index >= 15 is 0 Å². The normalized spacial score (nSPS) is 12.6. The van der Waals surface area contributed by atoms with Crippen LogP contribution in [0.3, 0.4) is 0 Å². The molecule has 0 radical (unpaired) electrons. The van der Waals surface area contributed by atoms with Crippen LogP contribution < -0.4 is 5.32 Å². The fourth-order valence-corrected chi connectivity index (χ4v) is 2.70. The van der Waals surface area contributed by atoms with Crippen molar-refractivity contribution in [3.05, 3.63) is 29.0 Å². The number of halogens is 2. The third kappa shape index (κ3) is 2.76. The van der Waals surface area contributed by atoms with Crippen LogP contribution in [0.5, 0.6) is 0 Å². The van der Waals surface area contributed by atoms with Gasteiger partial charge in [0.25, 0.3) is 0 Å². The fourth-order valence-electron chi connectivity index (χ4n) is 2.27. The summed E-state index contributed by atoms with van der Waals surface area (Å²) in [7, 11) is 0. The summed E-state index contributed by atoms with van der Waals surface area (Å²) >= 11 is 12.1. The number of carbonyl (C=O) groups is 1. The molecule has 0 saturated carbocycles. The molecule has 0 fully saturated rings. The van der Waals surface area contributed by atoms with Crippen LogP contribution in [0.2, 0.25) is 5.02 Å². The van der Waals surface area contributed by atoms with E-state index in [2.05, 4.69) is 10.3 Å². The SMILES string of the molecule is CCNC(=O)C(C)n1c(CCCl)nc2cccc(Cl)c21.